The molecule has 160 valence electrons. The maximum absolute atomic E-state index is 12.2. The first-order chi connectivity index (χ1) is 14.5. The lowest BCUT2D eigenvalue weighted by molar-refractivity contribution is -0.172. The zero-order valence-electron chi connectivity index (χ0n) is 17.6. The van der Waals surface area contributed by atoms with Crippen LogP contribution in [-0.4, -0.2) is 37.4 Å². The van der Waals surface area contributed by atoms with Crippen LogP contribution < -0.4 is 10.1 Å². The molecular formula is C24H29NO5. The molecule has 1 saturated heterocycles. The fourth-order valence-corrected chi connectivity index (χ4v) is 3.30. The largest absolute Gasteiger partial charge is 0.465 e. The summed E-state index contributed by atoms with van der Waals surface area (Å²) >= 11 is 0. The molecule has 0 bridgehead atoms. The first-order valence-electron chi connectivity index (χ1n) is 10.4. The number of nitrogens with one attached hydrogen (secondary N) is 1. The molecule has 3 rings (SSSR count). The van der Waals surface area contributed by atoms with Crippen LogP contribution in [0.1, 0.15) is 47.7 Å². The number of carbonyl (C=O) groups excluding carboxylic acids is 2. The second kappa shape index (κ2) is 10.8. The lowest BCUT2D eigenvalue weighted by Gasteiger charge is -2.29. The topological polar surface area (TPSA) is 73.9 Å². The molecular weight excluding hydrogens is 382 g/mol. The third-order valence-corrected chi connectivity index (χ3v) is 4.99. The molecule has 30 heavy (non-hydrogen) atoms. The Morgan fingerprint density at radius 2 is 1.80 bits per heavy atom. The van der Waals surface area contributed by atoms with Gasteiger partial charge >= 0.3 is 5.97 Å². The summed E-state index contributed by atoms with van der Waals surface area (Å²) in [6, 6.07) is 15.3. The van der Waals surface area contributed by atoms with Gasteiger partial charge in [-0.25, -0.2) is 0 Å². The van der Waals surface area contributed by atoms with Crippen LogP contribution in [0.4, 0.5) is 0 Å². The molecule has 1 N–H and O–H groups in total. The van der Waals surface area contributed by atoms with Crippen molar-refractivity contribution in [3.63, 3.8) is 0 Å². The van der Waals surface area contributed by atoms with Crippen molar-refractivity contribution < 1.29 is 23.8 Å². The number of aryl methyl sites for hydroxylation is 1. The number of carbonyl (C=O) groups is 2. The monoisotopic (exact) mass is 411 g/mol. The van der Waals surface area contributed by atoms with Crippen LogP contribution in [0.5, 0.6) is 5.75 Å². The van der Waals surface area contributed by atoms with Crippen LogP contribution in [0.2, 0.25) is 0 Å². The number of esters is 1. The zero-order valence-corrected chi connectivity index (χ0v) is 17.6. The van der Waals surface area contributed by atoms with Gasteiger partial charge in [-0.05, 0) is 56.0 Å². The quantitative estimate of drug-likeness (QED) is 0.669. The summed E-state index contributed by atoms with van der Waals surface area (Å²) in [4.78, 5) is 23.1. The Balaban J connectivity index is 1.41. The highest BCUT2D eigenvalue weighted by Gasteiger charge is 2.24. The van der Waals surface area contributed by atoms with E-state index in [-0.39, 0.29) is 30.9 Å². The van der Waals surface area contributed by atoms with Crippen LogP contribution in [0.25, 0.3) is 0 Å². The third-order valence-electron chi connectivity index (χ3n) is 4.99. The first-order valence-corrected chi connectivity index (χ1v) is 10.4. The van der Waals surface area contributed by atoms with Gasteiger partial charge in [0.05, 0.1) is 6.10 Å². The minimum atomic E-state index is -0.334. The average molecular weight is 411 g/mol. The molecule has 1 aliphatic heterocycles. The van der Waals surface area contributed by atoms with E-state index in [4.69, 9.17) is 14.2 Å². The van der Waals surface area contributed by atoms with Gasteiger partial charge in [-0.15, -0.1) is 0 Å². The van der Waals surface area contributed by atoms with Crippen LogP contribution >= 0.6 is 0 Å². The van der Waals surface area contributed by atoms with Crippen molar-refractivity contribution in [1.82, 2.24) is 5.32 Å². The predicted octanol–water partition coefficient (Wildman–Crippen LogP) is 3.80. The van der Waals surface area contributed by atoms with Gasteiger partial charge in [0.1, 0.15) is 12.4 Å². The second-order valence-electron chi connectivity index (χ2n) is 7.55. The molecule has 0 saturated carbocycles. The van der Waals surface area contributed by atoms with E-state index in [9.17, 15) is 9.59 Å². The SMILES string of the molecule is CC(=O)OCC1CCC[C@H](Oc2ccc(CCNC(=O)c3ccc(C)cc3)cc2)O1. The van der Waals surface area contributed by atoms with Crippen molar-refractivity contribution in [1.29, 1.82) is 0 Å². The summed E-state index contributed by atoms with van der Waals surface area (Å²) in [7, 11) is 0. The number of hydrogen-bond acceptors (Lipinski definition) is 5. The molecule has 6 heteroatoms. The molecule has 2 aromatic carbocycles. The van der Waals surface area contributed by atoms with E-state index in [0.29, 0.717) is 12.1 Å². The molecule has 0 radical (unpaired) electrons. The molecule has 1 aliphatic rings. The van der Waals surface area contributed by atoms with Crippen LogP contribution in [0, 0.1) is 6.92 Å². The van der Waals surface area contributed by atoms with E-state index in [1.165, 1.54) is 6.92 Å². The molecule has 0 spiro atoms. The highest BCUT2D eigenvalue weighted by atomic mass is 16.7. The third kappa shape index (κ3) is 6.88. The van der Waals surface area contributed by atoms with E-state index in [0.717, 1.165) is 42.6 Å². The maximum atomic E-state index is 12.2. The molecule has 1 unspecified atom stereocenters. The van der Waals surface area contributed by atoms with Gasteiger partial charge in [0.15, 0.2) is 6.29 Å². The number of hydrogen-bond donors (Lipinski definition) is 1. The molecule has 0 aromatic heterocycles. The molecule has 2 atom stereocenters. The highest BCUT2D eigenvalue weighted by molar-refractivity contribution is 5.94. The Bertz CT molecular complexity index is 832. The Kier molecular flexibility index (Phi) is 7.85. The van der Waals surface area contributed by atoms with Crippen molar-refractivity contribution in [3.05, 3.63) is 65.2 Å². The Hall–Kier alpha value is -2.86. The normalized spacial score (nSPS) is 18.5. The van der Waals surface area contributed by atoms with Gasteiger partial charge in [0.2, 0.25) is 0 Å². The number of ether oxygens (including phenoxy) is 3. The van der Waals surface area contributed by atoms with Crippen LogP contribution in [0.15, 0.2) is 48.5 Å². The second-order valence-corrected chi connectivity index (χ2v) is 7.55. The van der Waals surface area contributed by atoms with Crippen molar-refractivity contribution in [2.75, 3.05) is 13.2 Å². The van der Waals surface area contributed by atoms with E-state index in [1.54, 1.807) is 0 Å². The van der Waals surface area contributed by atoms with Crippen molar-refractivity contribution in [2.24, 2.45) is 0 Å². The van der Waals surface area contributed by atoms with Gasteiger partial charge in [0, 0.05) is 25.5 Å². The van der Waals surface area contributed by atoms with Crippen molar-refractivity contribution in [2.45, 2.75) is 51.9 Å². The van der Waals surface area contributed by atoms with Crippen LogP contribution in [0.3, 0.4) is 0 Å². The minimum Gasteiger partial charge on any atom is -0.465 e. The lowest BCUT2D eigenvalue weighted by Crippen LogP contribution is -2.34. The summed E-state index contributed by atoms with van der Waals surface area (Å²) in [6.45, 7) is 4.22. The lowest BCUT2D eigenvalue weighted by atomic mass is 10.1. The summed E-state index contributed by atoms with van der Waals surface area (Å²) < 4.78 is 16.8. The van der Waals surface area contributed by atoms with Gasteiger partial charge < -0.3 is 19.5 Å². The number of amides is 1. The highest BCUT2D eigenvalue weighted by Crippen LogP contribution is 2.23. The van der Waals surface area contributed by atoms with Crippen molar-refractivity contribution >= 4 is 11.9 Å². The van der Waals surface area contributed by atoms with Gasteiger partial charge in [-0.2, -0.15) is 0 Å². The van der Waals surface area contributed by atoms with Crippen LogP contribution in [-0.2, 0) is 20.7 Å². The molecule has 6 nitrogen and oxygen atoms in total. The van der Waals surface area contributed by atoms with E-state index in [2.05, 4.69) is 5.32 Å². The maximum Gasteiger partial charge on any atom is 0.302 e. The van der Waals surface area contributed by atoms with E-state index in [1.807, 2.05) is 55.5 Å². The molecule has 1 amide bonds. The van der Waals surface area contributed by atoms with Gasteiger partial charge in [0.25, 0.3) is 5.91 Å². The molecule has 1 fully saturated rings. The zero-order chi connectivity index (χ0) is 21.3. The number of benzene rings is 2. The minimum absolute atomic E-state index is 0.0623. The average Bonchev–Trinajstić information content (AvgIpc) is 2.74. The fraction of sp³-hybridized carbons (Fsp3) is 0.417. The smallest absolute Gasteiger partial charge is 0.302 e. The Labute approximate surface area is 177 Å². The molecule has 0 aliphatic carbocycles. The summed E-state index contributed by atoms with van der Waals surface area (Å²) in [5, 5.41) is 2.95. The van der Waals surface area contributed by atoms with Gasteiger partial charge in [-0.3, -0.25) is 9.59 Å². The fourth-order valence-electron chi connectivity index (χ4n) is 3.30. The Morgan fingerprint density at radius 3 is 2.50 bits per heavy atom. The molecule has 1 heterocycles. The van der Waals surface area contributed by atoms with E-state index >= 15 is 0 Å². The Morgan fingerprint density at radius 1 is 1.07 bits per heavy atom. The number of rotatable bonds is 8. The van der Waals surface area contributed by atoms with E-state index < -0.39 is 0 Å². The van der Waals surface area contributed by atoms with Gasteiger partial charge in [-0.1, -0.05) is 29.8 Å². The summed E-state index contributed by atoms with van der Waals surface area (Å²) in [5.41, 5.74) is 2.92. The standard InChI is InChI=1S/C24H29NO5/c1-17-6-10-20(11-7-17)24(27)25-15-14-19-8-12-21(13-9-19)29-23-5-3-4-22(30-23)16-28-18(2)26/h6-13,22-23H,3-5,14-16H2,1-2H3,(H,25,27)/t22?,23-/m1/s1. The molecule has 2 aromatic rings. The predicted molar refractivity (Wildman–Crippen MR) is 113 cm³/mol. The first kappa shape index (κ1) is 21.8. The summed E-state index contributed by atoms with van der Waals surface area (Å²) in [6.07, 6.45) is 2.92. The summed E-state index contributed by atoms with van der Waals surface area (Å²) in [5.74, 6) is 0.376. The van der Waals surface area contributed by atoms with Crippen molar-refractivity contribution in [3.8, 4) is 5.75 Å².